The Morgan fingerprint density at radius 2 is 1.84 bits per heavy atom. The molecule has 170 valence electrons. The molecule has 0 spiro atoms. The first-order chi connectivity index (χ1) is 15.3. The van der Waals surface area contributed by atoms with Crippen molar-refractivity contribution in [3.8, 4) is 10.6 Å². The van der Waals surface area contributed by atoms with Crippen molar-refractivity contribution in [2.75, 3.05) is 13.1 Å². The maximum atomic E-state index is 13.2. The molecule has 6 nitrogen and oxygen atoms in total. The van der Waals surface area contributed by atoms with E-state index in [-0.39, 0.29) is 18.5 Å². The fourth-order valence-electron chi connectivity index (χ4n) is 4.19. The lowest BCUT2D eigenvalue weighted by molar-refractivity contribution is -0.151. The van der Waals surface area contributed by atoms with Gasteiger partial charge in [-0.25, -0.2) is 13.4 Å². The van der Waals surface area contributed by atoms with Crippen LogP contribution in [0.4, 0.5) is 0 Å². The molecule has 0 bridgehead atoms. The molecule has 0 radical (unpaired) electrons. The molecule has 0 saturated carbocycles. The molecule has 0 N–H and O–H groups in total. The lowest BCUT2D eigenvalue weighted by Gasteiger charge is -2.31. The fourth-order valence-corrected chi connectivity index (χ4v) is 7.59. The molecule has 2 aromatic heterocycles. The summed E-state index contributed by atoms with van der Waals surface area (Å²) in [4.78, 5) is 17.5. The van der Waals surface area contributed by atoms with Gasteiger partial charge in [0, 0.05) is 29.4 Å². The predicted molar refractivity (Wildman–Crippen MR) is 127 cm³/mol. The number of aromatic nitrogens is 1. The average molecular weight is 491 g/mol. The van der Waals surface area contributed by atoms with Crippen LogP contribution in [0.15, 0.2) is 39.2 Å². The van der Waals surface area contributed by atoms with Crippen molar-refractivity contribution in [2.24, 2.45) is 5.92 Å². The van der Waals surface area contributed by atoms with Gasteiger partial charge >= 0.3 is 5.97 Å². The van der Waals surface area contributed by atoms with Crippen LogP contribution in [0, 0.1) is 26.7 Å². The molecule has 3 aromatic rings. The Balaban J connectivity index is 1.34. The summed E-state index contributed by atoms with van der Waals surface area (Å²) in [5, 5.41) is 6.86. The number of esters is 1. The second kappa shape index (κ2) is 9.43. The largest absolute Gasteiger partial charge is 0.459 e. The third-order valence-electron chi connectivity index (χ3n) is 5.67. The Bertz CT molecular complexity index is 1180. The molecule has 4 rings (SSSR count). The predicted octanol–water partition coefficient (Wildman–Crippen LogP) is 4.94. The molecule has 0 unspecified atom stereocenters. The maximum Gasteiger partial charge on any atom is 0.309 e. The molecule has 9 heteroatoms. The van der Waals surface area contributed by atoms with Gasteiger partial charge in [0.05, 0.1) is 16.5 Å². The molecule has 1 fully saturated rings. The van der Waals surface area contributed by atoms with Crippen molar-refractivity contribution in [3.05, 3.63) is 56.7 Å². The highest BCUT2D eigenvalue weighted by molar-refractivity contribution is 7.89. The Morgan fingerprint density at radius 1 is 1.16 bits per heavy atom. The highest BCUT2D eigenvalue weighted by Crippen LogP contribution is 2.30. The van der Waals surface area contributed by atoms with Crippen LogP contribution in [0.2, 0.25) is 0 Å². The van der Waals surface area contributed by atoms with Gasteiger partial charge < -0.3 is 4.74 Å². The zero-order chi connectivity index (χ0) is 22.9. The number of aryl methyl sites for hydroxylation is 3. The quantitative estimate of drug-likeness (QED) is 0.458. The van der Waals surface area contributed by atoms with Crippen LogP contribution in [-0.4, -0.2) is 36.8 Å². The van der Waals surface area contributed by atoms with Gasteiger partial charge in [-0.2, -0.15) is 15.6 Å². The standard InChI is InChI=1S/C23H26N2O4S3/c1-15-10-16(2)21(17(3)11-15)32(27,28)25-7-4-18(5-8-25)23(26)29-12-20-14-31-22(24-20)19-6-9-30-13-19/h6,9-11,13-14,18H,4-5,7-8,12H2,1-3H3. The van der Waals surface area contributed by atoms with Crippen molar-refractivity contribution in [3.63, 3.8) is 0 Å². The van der Waals surface area contributed by atoms with Gasteiger partial charge in [-0.3, -0.25) is 4.79 Å². The monoisotopic (exact) mass is 490 g/mol. The van der Waals surface area contributed by atoms with E-state index in [1.807, 2.05) is 55.1 Å². The van der Waals surface area contributed by atoms with Crippen LogP contribution in [0.5, 0.6) is 0 Å². The molecule has 3 heterocycles. The summed E-state index contributed by atoms with van der Waals surface area (Å²) in [6, 6.07) is 5.80. The van der Waals surface area contributed by atoms with E-state index in [9.17, 15) is 13.2 Å². The van der Waals surface area contributed by atoms with Gasteiger partial charge in [0.25, 0.3) is 0 Å². The molecule has 32 heavy (non-hydrogen) atoms. The minimum atomic E-state index is -3.59. The van der Waals surface area contributed by atoms with Crippen LogP contribution in [0.3, 0.4) is 0 Å². The smallest absolute Gasteiger partial charge is 0.309 e. The normalized spacial score (nSPS) is 15.7. The minimum Gasteiger partial charge on any atom is -0.459 e. The Morgan fingerprint density at radius 3 is 2.47 bits per heavy atom. The molecule has 1 aliphatic heterocycles. The summed E-state index contributed by atoms with van der Waals surface area (Å²) in [5.74, 6) is -0.577. The molecule has 1 saturated heterocycles. The second-order valence-electron chi connectivity index (χ2n) is 8.17. The van der Waals surface area contributed by atoms with E-state index in [1.54, 1.807) is 11.3 Å². The Kier molecular flexibility index (Phi) is 6.80. The average Bonchev–Trinajstić information content (AvgIpc) is 3.43. The number of ether oxygens (including phenoxy) is 1. The lowest BCUT2D eigenvalue weighted by atomic mass is 9.98. The number of piperidine rings is 1. The van der Waals surface area contributed by atoms with Crippen LogP contribution >= 0.6 is 22.7 Å². The van der Waals surface area contributed by atoms with E-state index in [0.717, 1.165) is 33.0 Å². The van der Waals surface area contributed by atoms with E-state index in [4.69, 9.17) is 4.74 Å². The number of hydrogen-bond acceptors (Lipinski definition) is 7. The van der Waals surface area contributed by atoms with Gasteiger partial charge in [0.1, 0.15) is 11.6 Å². The summed E-state index contributed by atoms with van der Waals surface area (Å²) in [5.41, 5.74) is 4.37. The second-order valence-corrected chi connectivity index (χ2v) is 11.7. The molecular formula is C23H26N2O4S3. The van der Waals surface area contributed by atoms with Gasteiger partial charge in [0.15, 0.2) is 0 Å². The fraction of sp³-hybridized carbons (Fsp3) is 0.391. The Hall–Kier alpha value is -2.07. The van der Waals surface area contributed by atoms with Crippen LogP contribution in [0.25, 0.3) is 10.6 Å². The van der Waals surface area contributed by atoms with E-state index in [1.165, 1.54) is 15.6 Å². The summed E-state index contributed by atoms with van der Waals surface area (Å²) < 4.78 is 33.5. The van der Waals surface area contributed by atoms with Crippen LogP contribution in [0.1, 0.15) is 35.2 Å². The number of thiophene rings is 1. The first-order valence-electron chi connectivity index (χ1n) is 10.5. The van der Waals surface area contributed by atoms with Gasteiger partial charge in [-0.05, 0) is 56.2 Å². The van der Waals surface area contributed by atoms with Gasteiger partial charge in [0.2, 0.25) is 10.0 Å². The van der Waals surface area contributed by atoms with E-state index < -0.39 is 10.0 Å². The summed E-state index contributed by atoms with van der Waals surface area (Å²) in [7, 11) is -3.59. The van der Waals surface area contributed by atoms with Crippen molar-refractivity contribution < 1.29 is 17.9 Å². The van der Waals surface area contributed by atoms with E-state index in [2.05, 4.69) is 4.98 Å². The number of carbonyl (C=O) groups excluding carboxylic acids is 1. The zero-order valence-electron chi connectivity index (χ0n) is 18.3. The minimum absolute atomic E-state index is 0.139. The van der Waals surface area contributed by atoms with Crippen LogP contribution < -0.4 is 0 Å². The number of nitrogens with zero attached hydrogens (tertiary/aromatic N) is 2. The van der Waals surface area contributed by atoms with Gasteiger partial charge in [-0.1, -0.05) is 17.7 Å². The van der Waals surface area contributed by atoms with E-state index >= 15 is 0 Å². The number of sulfonamides is 1. The Labute approximate surface area is 196 Å². The zero-order valence-corrected chi connectivity index (χ0v) is 20.8. The molecule has 1 aromatic carbocycles. The molecule has 0 aliphatic carbocycles. The SMILES string of the molecule is Cc1cc(C)c(S(=O)(=O)N2CCC(C(=O)OCc3csc(-c4ccsc4)n3)CC2)c(C)c1. The highest BCUT2D eigenvalue weighted by Gasteiger charge is 2.34. The number of carbonyl (C=O) groups is 1. The molecule has 1 aliphatic rings. The first-order valence-corrected chi connectivity index (χ1v) is 13.7. The lowest BCUT2D eigenvalue weighted by Crippen LogP contribution is -2.41. The third-order valence-corrected chi connectivity index (χ3v) is 9.50. The highest BCUT2D eigenvalue weighted by atomic mass is 32.2. The van der Waals surface area contributed by atoms with Crippen molar-refractivity contribution >= 4 is 38.7 Å². The number of thiazole rings is 1. The number of rotatable bonds is 6. The third kappa shape index (κ3) is 4.80. The van der Waals surface area contributed by atoms with Crippen molar-refractivity contribution in [1.29, 1.82) is 0 Å². The molecular weight excluding hydrogens is 464 g/mol. The van der Waals surface area contributed by atoms with E-state index in [0.29, 0.717) is 30.8 Å². The summed E-state index contributed by atoms with van der Waals surface area (Å²) in [6.07, 6.45) is 0.915. The first kappa shape index (κ1) is 23.1. The van der Waals surface area contributed by atoms with Crippen molar-refractivity contribution in [1.82, 2.24) is 9.29 Å². The van der Waals surface area contributed by atoms with Crippen LogP contribution in [-0.2, 0) is 26.2 Å². The summed E-state index contributed by atoms with van der Waals surface area (Å²) >= 11 is 3.15. The van der Waals surface area contributed by atoms with Gasteiger partial charge in [-0.15, -0.1) is 11.3 Å². The topological polar surface area (TPSA) is 76.6 Å². The molecule has 0 amide bonds. The van der Waals surface area contributed by atoms with Crippen molar-refractivity contribution in [2.45, 2.75) is 45.1 Å². The number of benzene rings is 1. The summed E-state index contributed by atoms with van der Waals surface area (Å²) in [6.45, 7) is 6.39. The molecule has 0 atom stereocenters. The maximum absolute atomic E-state index is 13.2. The number of hydrogen-bond donors (Lipinski definition) is 0.